The second kappa shape index (κ2) is 17.1. The van der Waals surface area contributed by atoms with E-state index in [1.807, 2.05) is 28.8 Å². The minimum absolute atomic E-state index is 0.0169. The number of methoxy groups -OCH3 is 2. The molecule has 2 saturated heterocycles. The molecule has 3 aromatic heterocycles. The number of amides is 4. The minimum atomic E-state index is -1.30. The molecule has 65 heavy (non-hydrogen) atoms. The summed E-state index contributed by atoms with van der Waals surface area (Å²) in [5, 5.41) is 5.52. The molecule has 0 spiro atoms. The molecule has 344 valence electrons. The number of aromatic amines is 2. The number of carbonyl (C=O) groups is 4. The topological polar surface area (TPSA) is 189 Å². The molecule has 5 aromatic rings. The van der Waals surface area contributed by atoms with Gasteiger partial charge in [0.2, 0.25) is 11.8 Å². The standard InChI is InChI=1S/C46H52F3N9O7/c1-21(2)37(54-45(61)63-5)42(59)56-19-26(47)15-33(56)40-50-17-30(52-40)24-10-12-32-29(13-24)36(49)39-28-11-9-25(14-35(28)65-44(58(32)39)23-7-8-23)31-18-51-41(53-31)34-16-27(48)20-57(34)43(60)38(22(3)4)55-46(62)64-6/h9-14,17-18,21-23,26-27,33-34,37-38,44H,7-8,15-16,19-20H2,1-6H3,(H,50,52)(H,51,53)(H,54,61)(H,55,62)/t26-,27-,33+,34+,37+,38+,44?/m1/s1. The highest BCUT2D eigenvalue weighted by Crippen LogP contribution is 2.52. The van der Waals surface area contributed by atoms with Crippen molar-refractivity contribution in [1.29, 1.82) is 0 Å². The maximum atomic E-state index is 17.0. The fraction of sp³-hybridized carbons (Fsp3) is 0.478. The van der Waals surface area contributed by atoms with Crippen LogP contribution in [0.3, 0.4) is 0 Å². The van der Waals surface area contributed by atoms with Gasteiger partial charge in [-0.05, 0) is 48.9 Å². The number of aromatic nitrogens is 5. The Balaban J connectivity index is 0.993. The van der Waals surface area contributed by atoms with Gasteiger partial charge in [0.25, 0.3) is 0 Å². The van der Waals surface area contributed by atoms with Gasteiger partial charge in [-0.2, -0.15) is 0 Å². The van der Waals surface area contributed by atoms with E-state index in [1.165, 1.54) is 24.0 Å². The van der Waals surface area contributed by atoms with Crippen LogP contribution in [0.25, 0.3) is 44.7 Å². The van der Waals surface area contributed by atoms with E-state index in [9.17, 15) is 28.0 Å². The predicted octanol–water partition coefficient (Wildman–Crippen LogP) is 7.51. The van der Waals surface area contributed by atoms with Gasteiger partial charge in [-0.15, -0.1) is 0 Å². The van der Waals surface area contributed by atoms with Crippen molar-refractivity contribution in [2.24, 2.45) is 17.8 Å². The zero-order valence-corrected chi connectivity index (χ0v) is 36.9. The third-order valence-corrected chi connectivity index (χ3v) is 13.0. The molecule has 7 atom stereocenters. The third kappa shape index (κ3) is 8.02. The summed E-state index contributed by atoms with van der Waals surface area (Å²) in [6.07, 6.45) is 0.486. The van der Waals surface area contributed by atoms with Crippen molar-refractivity contribution in [2.75, 3.05) is 27.3 Å². The number of imidazole rings is 2. The highest BCUT2D eigenvalue weighted by atomic mass is 19.1. The van der Waals surface area contributed by atoms with E-state index in [2.05, 4.69) is 30.6 Å². The van der Waals surface area contributed by atoms with E-state index in [0.29, 0.717) is 62.1 Å². The molecular formula is C46H52F3N9O7. The molecule has 1 aliphatic carbocycles. The van der Waals surface area contributed by atoms with E-state index in [-0.39, 0.29) is 43.7 Å². The smallest absolute Gasteiger partial charge is 0.407 e. The number of ether oxygens (including phenoxy) is 3. The van der Waals surface area contributed by atoms with Gasteiger partial charge in [0.1, 0.15) is 41.8 Å². The zero-order valence-electron chi connectivity index (χ0n) is 36.9. The first-order valence-corrected chi connectivity index (χ1v) is 22.0. The fourth-order valence-corrected chi connectivity index (χ4v) is 9.45. The molecule has 0 bridgehead atoms. The van der Waals surface area contributed by atoms with Gasteiger partial charge in [0.15, 0.2) is 12.0 Å². The second-order valence-electron chi connectivity index (χ2n) is 18.1. The van der Waals surface area contributed by atoms with Gasteiger partial charge in [0, 0.05) is 40.8 Å². The highest BCUT2D eigenvalue weighted by molar-refractivity contribution is 5.93. The quantitative estimate of drug-likeness (QED) is 0.104. The molecule has 1 unspecified atom stereocenters. The molecule has 3 aliphatic heterocycles. The van der Waals surface area contributed by atoms with Crippen molar-refractivity contribution < 1.29 is 46.6 Å². The molecular weight excluding hydrogens is 848 g/mol. The Morgan fingerprint density at radius 1 is 0.769 bits per heavy atom. The Morgan fingerprint density at radius 3 is 1.77 bits per heavy atom. The summed E-state index contributed by atoms with van der Waals surface area (Å²) < 4.78 is 65.1. The van der Waals surface area contributed by atoms with Crippen LogP contribution in [0.5, 0.6) is 5.75 Å². The van der Waals surface area contributed by atoms with E-state index < -0.39 is 72.6 Å². The number of alkyl carbamates (subject to hydrolysis) is 2. The lowest BCUT2D eigenvalue weighted by Gasteiger charge is -2.30. The summed E-state index contributed by atoms with van der Waals surface area (Å²) in [6.45, 7) is 6.82. The molecule has 16 nitrogen and oxygen atoms in total. The second-order valence-corrected chi connectivity index (χ2v) is 18.1. The number of fused-ring (bicyclic) bond motifs is 5. The maximum Gasteiger partial charge on any atom is 0.407 e. The zero-order chi connectivity index (χ0) is 46.0. The molecule has 0 radical (unpaired) electrons. The monoisotopic (exact) mass is 899 g/mol. The van der Waals surface area contributed by atoms with E-state index >= 15 is 4.39 Å². The third-order valence-electron chi connectivity index (χ3n) is 13.0. The molecule has 6 heterocycles. The lowest BCUT2D eigenvalue weighted by Crippen LogP contribution is -2.51. The first kappa shape index (κ1) is 43.7. The van der Waals surface area contributed by atoms with Crippen LogP contribution >= 0.6 is 0 Å². The number of halogens is 3. The molecule has 19 heteroatoms. The van der Waals surface area contributed by atoms with Crippen LogP contribution in [0, 0.1) is 23.6 Å². The molecule has 9 rings (SSSR count). The van der Waals surface area contributed by atoms with Gasteiger partial charge in [-0.25, -0.2) is 32.7 Å². The van der Waals surface area contributed by atoms with Crippen LogP contribution < -0.4 is 15.4 Å². The summed E-state index contributed by atoms with van der Waals surface area (Å²) in [5.41, 5.74) is 4.08. The Bertz CT molecular complexity index is 2660. The Kier molecular flexibility index (Phi) is 11.5. The average molecular weight is 900 g/mol. The number of nitrogens with zero attached hydrogens (tertiary/aromatic N) is 5. The largest absolute Gasteiger partial charge is 0.469 e. The molecule has 1 saturated carbocycles. The number of rotatable bonds is 11. The summed E-state index contributed by atoms with van der Waals surface area (Å²) >= 11 is 0. The highest BCUT2D eigenvalue weighted by Gasteiger charge is 2.44. The first-order chi connectivity index (χ1) is 31.1. The van der Waals surface area contributed by atoms with Gasteiger partial charge < -0.3 is 49.2 Å². The summed E-state index contributed by atoms with van der Waals surface area (Å²) in [6, 6.07) is 7.64. The van der Waals surface area contributed by atoms with Crippen LogP contribution in [0.4, 0.5) is 22.8 Å². The number of likely N-dealkylation sites (tertiary alicyclic amines) is 2. The maximum absolute atomic E-state index is 17.0. The number of alkyl halides is 2. The lowest BCUT2D eigenvalue weighted by atomic mass is 10.0. The van der Waals surface area contributed by atoms with Crippen LogP contribution in [0.15, 0.2) is 48.8 Å². The summed E-state index contributed by atoms with van der Waals surface area (Å²) in [4.78, 5) is 70.0. The first-order valence-electron chi connectivity index (χ1n) is 22.0. The average Bonchev–Trinajstić information content (AvgIpc) is 3.71. The van der Waals surface area contributed by atoms with Crippen molar-refractivity contribution in [3.05, 3.63) is 66.3 Å². The molecule has 2 aromatic carbocycles. The number of nitrogens with one attached hydrogen (secondary N) is 4. The number of hydrogen-bond acceptors (Lipinski definition) is 9. The van der Waals surface area contributed by atoms with E-state index in [1.54, 1.807) is 52.2 Å². The van der Waals surface area contributed by atoms with Crippen molar-refractivity contribution in [3.8, 4) is 39.5 Å². The lowest BCUT2D eigenvalue weighted by molar-refractivity contribution is -0.136. The van der Waals surface area contributed by atoms with Crippen molar-refractivity contribution in [3.63, 3.8) is 0 Å². The minimum Gasteiger partial charge on any atom is -0.469 e. The van der Waals surface area contributed by atoms with Crippen molar-refractivity contribution >= 4 is 34.9 Å². The number of hydrogen-bond donors (Lipinski definition) is 4. The number of benzene rings is 2. The molecule has 4 amide bonds. The Morgan fingerprint density at radius 2 is 1.28 bits per heavy atom. The SMILES string of the molecule is COC(=O)N[C@H](C(=O)N1C[C@H](F)C[C@H]1c1ncc(-c2ccc3c(c2)OC(C2CC2)n2c-3c(F)c3cc(-c4cnc([C@@H]5C[C@@H](F)CN5C(=O)[C@@H](NC(=O)OC)C(C)C)[nH]4)ccc32)[nH]1)C(C)C. The summed E-state index contributed by atoms with van der Waals surface area (Å²) in [5.74, 6) is -0.482. The fourth-order valence-electron chi connectivity index (χ4n) is 9.45. The van der Waals surface area contributed by atoms with Crippen LogP contribution in [0.1, 0.15) is 83.3 Å². The van der Waals surface area contributed by atoms with E-state index in [4.69, 9.17) is 14.2 Å². The van der Waals surface area contributed by atoms with Gasteiger partial charge >= 0.3 is 12.2 Å². The Hall–Kier alpha value is -6.53. The van der Waals surface area contributed by atoms with Gasteiger partial charge in [-0.1, -0.05) is 39.8 Å². The van der Waals surface area contributed by atoms with Gasteiger partial charge in [-0.3, -0.25) is 9.59 Å². The van der Waals surface area contributed by atoms with E-state index in [0.717, 1.165) is 12.8 Å². The molecule has 4 N–H and O–H groups in total. The van der Waals surface area contributed by atoms with Gasteiger partial charge in [0.05, 0.1) is 74.4 Å². The van der Waals surface area contributed by atoms with Crippen LogP contribution in [-0.2, 0) is 19.1 Å². The molecule has 4 aliphatic rings. The number of carbonyl (C=O) groups excluding carboxylic acids is 4. The van der Waals surface area contributed by atoms with Crippen molar-refractivity contribution in [1.82, 2.24) is 44.9 Å². The van der Waals surface area contributed by atoms with Crippen LogP contribution in [-0.4, -0.2) is 110 Å². The molecule has 3 fully saturated rings. The van der Waals surface area contributed by atoms with Crippen LogP contribution in [0.2, 0.25) is 0 Å². The van der Waals surface area contributed by atoms with Crippen molar-refractivity contribution in [2.45, 2.75) is 96.1 Å². The normalized spacial score (nSPS) is 22.4. The predicted molar refractivity (Wildman–Crippen MR) is 231 cm³/mol. The summed E-state index contributed by atoms with van der Waals surface area (Å²) in [7, 11) is 2.42. The number of H-pyrrole nitrogens is 2. The Labute approximate surface area is 372 Å².